The van der Waals surface area contributed by atoms with E-state index in [4.69, 9.17) is 4.74 Å². The van der Waals surface area contributed by atoms with E-state index in [1.165, 1.54) is 17.4 Å². The number of rotatable bonds is 2. The van der Waals surface area contributed by atoms with Crippen LogP contribution in [-0.2, 0) is 11.8 Å². The monoisotopic (exact) mass is 471 g/mol. The molecule has 33 heavy (non-hydrogen) atoms. The van der Waals surface area contributed by atoms with Crippen LogP contribution in [0.3, 0.4) is 0 Å². The van der Waals surface area contributed by atoms with E-state index < -0.39 is 17.8 Å². The van der Waals surface area contributed by atoms with Crippen LogP contribution >= 0.6 is 11.3 Å². The molecule has 4 heterocycles. The Morgan fingerprint density at radius 2 is 2.00 bits per heavy atom. The molecule has 3 aromatic heterocycles. The quantitative estimate of drug-likeness (QED) is 0.470. The van der Waals surface area contributed by atoms with E-state index in [2.05, 4.69) is 10.2 Å². The lowest BCUT2D eigenvalue weighted by Gasteiger charge is -2.36. The fraction of sp³-hybridized carbons (Fsp3) is 0.435. The number of aliphatic hydroxyl groups excluding tert-OH is 1. The number of aryl methyl sites for hydroxylation is 1. The Kier molecular flexibility index (Phi) is 5.17. The first-order valence-electron chi connectivity index (χ1n) is 10.9. The van der Waals surface area contributed by atoms with Gasteiger partial charge in [-0.2, -0.15) is 10.2 Å². The number of nitrogens with zero attached hydrogens (tertiary/aromatic N) is 5. The number of halogens is 1. The number of ether oxygens (including phenoxy) is 1. The Hall–Kier alpha value is -2.98. The third-order valence-electron chi connectivity index (χ3n) is 5.72. The number of thiophene rings is 1. The van der Waals surface area contributed by atoms with Crippen molar-refractivity contribution in [3.8, 4) is 10.4 Å². The molecule has 0 aliphatic carbocycles. The van der Waals surface area contributed by atoms with Crippen molar-refractivity contribution in [3.63, 3.8) is 0 Å². The highest BCUT2D eigenvalue weighted by molar-refractivity contribution is 7.21. The van der Waals surface area contributed by atoms with Gasteiger partial charge in [-0.05, 0) is 51.0 Å². The van der Waals surface area contributed by atoms with Gasteiger partial charge in [-0.1, -0.05) is 0 Å². The number of amides is 1. The molecular formula is C23H26FN5O3S. The standard InChI is InChI=1S/C23H26FN5O3S/c1-23(2,3)32-22(31)28-6-5-17(18(30)12-28)29-11-15-9-19(33-21(15)26-29)13-7-14-10-27(4)25-20(14)16(24)8-13/h7-11,17-18,30H,5-6,12H2,1-4H3/t17-,18-/m1/s1. The van der Waals surface area contributed by atoms with Gasteiger partial charge < -0.3 is 14.7 Å². The molecule has 4 aromatic rings. The molecule has 1 saturated heterocycles. The summed E-state index contributed by atoms with van der Waals surface area (Å²) in [5.74, 6) is -0.348. The number of piperidine rings is 1. The SMILES string of the molecule is Cn1cc2cc(-c3cc4cn([C@@H]5CCN(C(=O)OC(C)(C)C)C[C@H]5O)nc4s3)cc(F)c2n1. The van der Waals surface area contributed by atoms with E-state index in [-0.39, 0.29) is 18.4 Å². The number of hydrogen-bond donors (Lipinski definition) is 1. The molecule has 0 unspecified atom stereocenters. The van der Waals surface area contributed by atoms with E-state index in [1.807, 2.05) is 39.1 Å². The summed E-state index contributed by atoms with van der Waals surface area (Å²) >= 11 is 1.48. The summed E-state index contributed by atoms with van der Waals surface area (Å²) in [5.41, 5.74) is 0.570. The third-order valence-corrected chi connectivity index (χ3v) is 6.80. The maximum atomic E-state index is 14.5. The van der Waals surface area contributed by atoms with Gasteiger partial charge in [-0.25, -0.2) is 9.18 Å². The van der Waals surface area contributed by atoms with Crippen LogP contribution in [0.4, 0.5) is 9.18 Å². The highest BCUT2D eigenvalue weighted by Crippen LogP contribution is 2.36. The smallest absolute Gasteiger partial charge is 0.410 e. The van der Waals surface area contributed by atoms with Crippen molar-refractivity contribution in [2.45, 2.75) is 44.9 Å². The Morgan fingerprint density at radius 1 is 1.21 bits per heavy atom. The largest absolute Gasteiger partial charge is 0.444 e. The molecule has 8 nitrogen and oxygen atoms in total. The molecule has 174 valence electrons. The van der Waals surface area contributed by atoms with Gasteiger partial charge in [-0.3, -0.25) is 9.36 Å². The second kappa shape index (κ2) is 7.81. The molecule has 2 atom stereocenters. The van der Waals surface area contributed by atoms with Crippen LogP contribution in [0.2, 0.25) is 0 Å². The number of β-amino-alcohol motifs (C(OH)–C–C–N with tert-alkyl or cyclic N) is 1. The molecule has 1 amide bonds. The van der Waals surface area contributed by atoms with Gasteiger partial charge in [0.15, 0.2) is 5.82 Å². The first-order chi connectivity index (χ1) is 15.6. The Balaban J connectivity index is 1.34. The number of carbonyl (C=O) groups excluding carboxylic acids is 1. The van der Waals surface area contributed by atoms with Crippen LogP contribution < -0.4 is 0 Å². The zero-order valence-corrected chi connectivity index (χ0v) is 19.8. The predicted molar refractivity (Wildman–Crippen MR) is 125 cm³/mol. The molecule has 1 aliphatic heterocycles. The summed E-state index contributed by atoms with van der Waals surface area (Å²) in [4.78, 5) is 15.6. The first kappa shape index (κ1) is 21.8. The summed E-state index contributed by atoms with van der Waals surface area (Å²) < 4.78 is 23.3. The fourth-order valence-electron chi connectivity index (χ4n) is 4.23. The lowest BCUT2D eigenvalue weighted by Crippen LogP contribution is -2.48. The van der Waals surface area contributed by atoms with Gasteiger partial charge >= 0.3 is 6.09 Å². The highest BCUT2D eigenvalue weighted by Gasteiger charge is 2.34. The molecule has 0 radical (unpaired) electrons. The number of carbonyl (C=O) groups is 1. The molecule has 0 bridgehead atoms. The lowest BCUT2D eigenvalue weighted by atomic mass is 10.0. The molecule has 1 aliphatic rings. The zero-order chi connectivity index (χ0) is 23.5. The maximum absolute atomic E-state index is 14.5. The first-order valence-corrected chi connectivity index (χ1v) is 11.7. The average Bonchev–Trinajstić information content (AvgIpc) is 3.38. The minimum absolute atomic E-state index is 0.197. The van der Waals surface area contributed by atoms with Gasteiger partial charge in [0, 0.05) is 41.6 Å². The average molecular weight is 472 g/mol. The van der Waals surface area contributed by atoms with Gasteiger partial charge in [0.25, 0.3) is 0 Å². The fourth-order valence-corrected chi connectivity index (χ4v) is 5.22. The van der Waals surface area contributed by atoms with Gasteiger partial charge in [0.1, 0.15) is 15.9 Å². The Morgan fingerprint density at radius 3 is 2.70 bits per heavy atom. The van der Waals surface area contributed by atoms with Crippen molar-refractivity contribution >= 4 is 38.5 Å². The molecule has 1 fully saturated rings. The molecule has 0 saturated carbocycles. The molecular weight excluding hydrogens is 445 g/mol. The van der Waals surface area contributed by atoms with Crippen LogP contribution in [0.1, 0.15) is 33.2 Å². The van der Waals surface area contributed by atoms with Crippen molar-refractivity contribution in [1.29, 1.82) is 0 Å². The number of likely N-dealkylation sites (tertiary alicyclic amines) is 1. The number of hydrogen-bond acceptors (Lipinski definition) is 6. The van der Waals surface area contributed by atoms with Gasteiger partial charge in [-0.15, -0.1) is 11.3 Å². The van der Waals surface area contributed by atoms with Crippen LogP contribution in [0.15, 0.2) is 30.6 Å². The second-order valence-corrected chi connectivity index (χ2v) is 10.6. The maximum Gasteiger partial charge on any atom is 0.410 e. The van der Waals surface area contributed by atoms with Crippen molar-refractivity contribution in [1.82, 2.24) is 24.5 Å². The molecule has 1 N–H and O–H groups in total. The highest BCUT2D eigenvalue weighted by atomic mass is 32.1. The summed E-state index contributed by atoms with van der Waals surface area (Å²) in [6.07, 6.45) is 3.12. The third kappa shape index (κ3) is 4.20. The molecule has 5 rings (SSSR count). The normalized spacial score (nSPS) is 19.5. The predicted octanol–water partition coefficient (Wildman–Crippen LogP) is 4.33. The summed E-state index contributed by atoms with van der Waals surface area (Å²) in [7, 11) is 1.77. The van der Waals surface area contributed by atoms with E-state index >= 15 is 0 Å². The van der Waals surface area contributed by atoms with Crippen molar-refractivity contribution in [2.24, 2.45) is 7.05 Å². The number of aromatic nitrogens is 4. The van der Waals surface area contributed by atoms with Crippen molar-refractivity contribution in [3.05, 3.63) is 36.4 Å². The Labute approximate surface area is 194 Å². The zero-order valence-electron chi connectivity index (χ0n) is 18.9. The summed E-state index contributed by atoms with van der Waals surface area (Å²) in [5, 5.41) is 21.2. The number of benzene rings is 1. The van der Waals surface area contributed by atoms with Crippen LogP contribution in [0.25, 0.3) is 31.6 Å². The van der Waals surface area contributed by atoms with Crippen molar-refractivity contribution < 1.29 is 19.0 Å². The van der Waals surface area contributed by atoms with Crippen LogP contribution in [0, 0.1) is 5.82 Å². The van der Waals surface area contributed by atoms with Gasteiger partial charge in [0.05, 0.1) is 18.7 Å². The van der Waals surface area contributed by atoms with E-state index in [9.17, 15) is 14.3 Å². The Bertz CT molecular complexity index is 1320. The number of fused-ring (bicyclic) bond motifs is 2. The van der Waals surface area contributed by atoms with Crippen LogP contribution in [-0.4, -0.2) is 60.5 Å². The summed E-state index contributed by atoms with van der Waals surface area (Å²) in [6, 6.07) is 5.20. The summed E-state index contributed by atoms with van der Waals surface area (Å²) in [6.45, 7) is 6.15. The minimum Gasteiger partial charge on any atom is -0.444 e. The number of aliphatic hydroxyl groups is 1. The van der Waals surface area contributed by atoms with E-state index in [0.717, 1.165) is 26.0 Å². The molecule has 0 spiro atoms. The molecule has 10 heteroatoms. The minimum atomic E-state index is -0.748. The topological polar surface area (TPSA) is 85.4 Å². The van der Waals surface area contributed by atoms with Crippen molar-refractivity contribution in [2.75, 3.05) is 13.1 Å². The van der Waals surface area contributed by atoms with Gasteiger partial charge in [0.2, 0.25) is 0 Å². The van der Waals surface area contributed by atoms with E-state index in [1.54, 1.807) is 27.5 Å². The second-order valence-electron chi connectivity index (χ2n) is 9.53. The van der Waals surface area contributed by atoms with Crippen LogP contribution in [0.5, 0.6) is 0 Å². The lowest BCUT2D eigenvalue weighted by molar-refractivity contribution is -0.0117. The molecule has 1 aromatic carbocycles. The van der Waals surface area contributed by atoms with E-state index in [0.29, 0.717) is 18.5 Å².